The van der Waals surface area contributed by atoms with E-state index in [1.54, 1.807) is 6.07 Å². The number of rotatable bonds is 2. The van der Waals surface area contributed by atoms with Gasteiger partial charge in [0.1, 0.15) is 5.82 Å². The Hall–Kier alpha value is -2.14. The molecule has 1 heterocycles. The Kier molecular flexibility index (Phi) is 3.43. The van der Waals surface area contributed by atoms with Crippen LogP contribution in [0.1, 0.15) is 10.4 Å². The van der Waals surface area contributed by atoms with Crippen LogP contribution in [0.5, 0.6) is 0 Å². The highest BCUT2D eigenvalue weighted by molar-refractivity contribution is 6.30. The van der Waals surface area contributed by atoms with Crippen molar-refractivity contribution in [2.24, 2.45) is 0 Å². The van der Waals surface area contributed by atoms with Gasteiger partial charge in [-0.25, -0.2) is 4.39 Å². The van der Waals surface area contributed by atoms with Gasteiger partial charge in [-0.15, -0.1) is 0 Å². The van der Waals surface area contributed by atoms with Crippen molar-refractivity contribution in [3.05, 3.63) is 53.1 Å². The van der Waals surface area contributed by atoms with Gasteiger partial charge in [0.2, 0.25) is 0 Å². The Morgan fingerprint density at radius 2 is 2.17 bits per heavy atom. The highest BCUT2D eigenvalue weighted by Crippen LogP contribution is 2.19. The number of carbonyl (C=O) groups excluding carboxylic acids is 1. The van der Waals surface area contributed by atoms with E-state index in [1.807, 2.05) is 0 Å². The first-order chi connectivity index (χ1) is 8.58. The molecular weight excluding hydrogens is 257 g/mol. The molecule has 0 atom stereocenters. The molecule has 0 aliphatic rings. The van der Waals surface area contributed by atoms with Crippen molar-refractivity contribution in [2.75, 3.05) is 11.1 Å². The zero-order valence-corrected chi connectivity index (χ0v) is 9.91. The average Bonchev–Trinajstić information content (AvgIpc) is 2.35. The average molecular weight is 266 g/mol. The summed E-state index contributed by atoms with van der Waals surface area (Å²) in [4.78, 5) is 15.6. The molecule has 0 saturated heterocycles. The summed E-state index contributed by atoms with van der Waals surface area (Å²) in [6, 6.07) is 5.37. The summed E-state index contributed by atoms with van der Waals surface area (Å²) in [5, 5.41) is 2.53. The molecule has 0 fully saturated rings. The number of halogens is 2. The van der Waals surface area contributed by atoms with E-state index in [-0.39, 0.29) is 10.6 Å². The summed E-state index contributed by atoms with van der Waals surface area (Å²) in [5.74, 6) is -1.12. The molecule has 0 unspecified atom stereocenters. The maximum absolute atomic E-state index is 13.2. The number of nitrogens with one attached hydrogen (secondary N) is 1. The van der Waals surface area contributed by atoms with E-state index < -0.39 is 11.7 Å². The third-order valence-electron chi connectivity index (χ3n) is 2.28. The van der Waals surface area contributed by atoms with Crippen LogP contribution in [-0.2, 0) is 0 Å². The van der Waals surface area contributed by atoms with E-state index in [4.69, 9.17) is 17.3 Å². The van der Waals surface area contributed by atoms with Crippen LogP contribution >= 0.6 is 11.6 Å². The monoisotopic (exact) mass is 265 g/mol. The number of hydrogen-bond donors (Lipinski definition) is 2. The molecule has 0 aliphatic carbocycles. The molecule has 0 spiro atoms. The van der Waals surface area contributed by atoms with Crippen LogP contribution in [0.4, 0.5) is 15.8 Å². The summed E-state index contributed by atoms with van der Waals surface area (Å²) >= 11 is 5.54. The van der Waals surface area contributed by atoms with Crippen LogP contribution in [0.25, 0.3) is 0 Å². The number of nitrogen functional groups attached to an aromatic ring is 1. The van der Waals surface area contributed by atoms with E-state index in [0.29, 0.717) is 11.4 Å². The van der Waals surface area contributed by atoms with E-state index in [9.17, 15) is 9.18 Å². The number of aromatic nitrogens is 1. The predicted octanol–water partition coefficient (Wildman–Crippen LogP) is 2.71. The molecule has 3 N–H and O–H groups in total. The van der Waals surface area contributed by atoms with Crippen molar-refractivity contribution in [1.82, 2.24) is 4.98 Å². The highest BCUT2D eigenvalue weighted by atomic mass is 35.5. The van der Waals surface area contributed by atoms with Crippen LogP contribution in [0.2, 0.25) is 5.02 Å². The minimum Gasteiger partial charge on any atom is -0.396 e. The van der Waals surface area contributed by atoms with Crippen molar-refractivity contribution in [2.45, 2.75) is 0 Å². The fourth-order valence-corrected chi connectivity index (χ4v) is 1.47. The van der Waals surface area contributed by atoms with E-state index in [0.717, 1.165) is 6.07 Å². The summed E-state index contributed by atoms with van der Waals surface area (Å²) < 4.78 is 13.2. The molecule has 18 heavy (non-hydrogen) atoms. The maximum atomic E-state index is 13.2. The first-order valence-electron chi connectivity index (χ1n) is 5.04. The summed E-state index contributed by atoms with van der Waals surface area (Å²) in [6.07, 6.45) is 2.91. The Morgan fingerprint density at radius 1 is 1.39 bits per heavy atom. The highest BCUT2D eigenvalue weighted by Gasteiger charge is 2.10. The first kappa shape index (κ1) is 12.3. The second-order valence-electron chi connectivity index (χ2n) is 3.55. The molecule has 0 bridgehead atoms. The molecule has 0 aliphatic heterocycles. The molecule has 2 aromatic rings. The number of nitrogens with two attached hydrogens (primary N) is 1. The lowest BCUT2D eigenvalue weighted by Gasteiger charge is -2.07. The van der Waals surface area contributed by atoms with E-state index in [1.165, 1.54) is 24.5 Å². The Morgan fingerprint density at radius 3 is 2.83 bits per heavy atom. The van der Waals surface area contributed by atoms with Crippen LogP contribution in [-0.4, -0.2) is 10.9 Å². The number of carbonyl (C=O) groups is 1. The Labute approximate surface area is 108 Å². The fourth-order valence-electron chi connectivity index (χ4n) is 1.35. The molecule has 0 radical (unpaired) electrons. The van der Waals surface area contributed by atoms with E-state index in [2.05, 4.69) is 10.3 Å². The molecule has 92 valence electrons. The normalized spacial score (nSPS) is 10.1. The van der Waals surface area contributed by atoms with Gasteiger partial charge in [-0.3, -0.25) is 9.78 Å². The number of anilines is 2. The lowest BCUT2D eigenvalue weighted by atomic mass is 10.2. The third kappa shape index (κ3) is 2.57. The first-order valence-corrected chi connectivity index (χ1v) is 5.41. The zero-order valence-electron chi connectivity index (χ0n) is 9.15. The fraction of sp³-hybridized carbons (Fsp3) is 0. The van der Waals surface area contributed by atoms with Crippen molar-refractivity contribution < 1.29 is 9.18 Å². The van der Waals surface area contributed by atoms with Crippen LogP contribution in [0, 0.1) is 5.82 Å². The molecule has 6 heteroatoms. The van der Waals surface area contributed by atoms with Crippen molar-refractivity contribution in [1.29, 1.82) is 0 Å². The minimum atomic E-state index is -0.646. The van der Waals surface area contributed by atoms with Gasteiger partial charge in [0.25, 0.3) is 5.91 Å². The molecule has 1 aromatic heterocycles. The van der Waals surface area contributed by atoms with Gasteiger partial charge in [-0.05, 0) is 24.3 Å². The van der Waals surface area contributed by atoms with Crippen molar-refractivity contribution in [3.63, 3.8) is 0 Å². The quantitative estimate of drug-likeness (QED) is 0.877. The number of benzene rings is 1. The summed E-state index contributed by atoms with van der Waals surface area (Å²) in [6.45, 7) is 0. The molecule has 0 saturated carbocycles. The van der Waals surface area contributed by atoms with Crippen LogP contribution in [0.3, 0.4) is 0 Å². The lowest BCUT2D eigenvalue weighted by Crippen LogP contribution is -2.13. The molecule has 1 aromatic carbocycles. The molecule has 2 rings (SSSR count). The molecule has 4 nitrogen and oxygen atoms in total. The number of pyridine rings is 1. The van der Waals surface area contributed by atoms with Gasteiger partial charge in [0.15, 0.2) is 0 Å². The summed E-state index contributed by atoms with van der Waals surface area (Å²) in [7, 11) is 0. The number of amides is 1. The van der Waals surface area contributed by atoms with Gasteiger partial charge >= 0.3 is 0 Å². The molecular formula is C12H9ClFN3O. The lowest BCUT2D eigenvalue weighted by molar-refractivity contribution is 0.102. The zero-order chi connectivity index (χ0) is 13.1. The second kappa shape index (κ2) is 5.01. The largest absolute Gasteiger partial charge is 0.396 e. The SMILES string of the molecule is Nc1cnccc1NC(=O)c1ccc(Cl)c(F)c1. The summed E-state index contributed by atoms with van der Waals surface area (Å²) in [5.41, 5.74) is 6.54. The minimum absolute atomic E-state index is 0.0324. The van der Waals surface area contributed by atoms with Crippen molar-refractivity contribution >= 4 is 28.9 Å². The standard InChI is InChI=1S/C12H9ClFN3O/c13-8-2-1-7(5-9(8)14)12(18)17-11-3-4-16-6-10(11)15/h1-6H,15H2,(H,16,17,18). The number of nitrogens with zero attached hydrogens (tertiary/aromatic N) is 1. The van der Waals surface area contributed by atoms with Gasteiger partial charge in [0, 0.05) is 11.8 Å². The van der Waals surface area contributed by atoms with Crippen LogP contribution in [0.15, 0.2) is 36.7 Å². The van der Waals surface area contributed by atoms with Gasteiger partial charge in [-0.2, -0.15) is 0 Å². The number of hydrogen-bond acceptors (Lipinski definition) is 3. The Bertz CT molecular complexity index is 604. The van der Waals surface area contributed by atoms with Gasteiger partial charge < -0.3 is 11.1 Å². The second-order valence-corrected chi connectivity index (χ2v) is 3.95. The predicted molar refractivity (Wildman–Crippen MR) is 68.0 cm³/mol. The molecule has 1 amide bonds. The third-order valence-corrected chi connectivity index (χ3v) is 2.59. The topological polar surface area (TPSA) is 68.0 Å². The van der Waals surface area contributed by atoms with Gasteiger partial charge in [0.05, 0.1) is 22.6 Å². The maximum Gasteiger partial charge on any atom is 0.255 e. The van der Waals surface area contributed by atoms with Crippen LogP contribution < -0.4 is 11.1 Å². The van der Waals surface area contributed by atoms with Crippen molar-refractivity contribution in [3.8, 4) is 0 Å². The van der Waals surface area contributed by atoms with Gasteiger partial charge in [-0.1, -0.05) is 11.6 Å². The Balaban J connectivity index is 2.22. The van der Waals surface area contributed by atoms with E-state index >= 15 is 0 Å². The smallest absolute Gasteiger partial charge is 0.255 e.